The topological polar surface area (TPSA) is 118 Å². The van der Waals surface area contributed by atoms with E-state index in [1.807, 2.05) is 6.92 Å². The van der Waals surface area contributed by atoms with Gasteiger partial charge in [0.25, 0.3) is 0 Å². The van der Waals surface area contributed by atoms with Gasteiger partial charge in [-0.2, -0.15) is 0 Å². The van der Waals surface area contributed by atoms with Crippen molar-refractivity contribution < 1.29 is 42.9 Å². The number of epoxide rings is 1. The molecular weight excluding hydrogens is 576 g/mol. The first-order valence-electron chi connectivity index (χ1n) is 17.1. The van der Waals surface area contributed by atoms with E-state index in [9.17, 15) is 19.2 Å². The molecule has 7 rings (SSSR count). The maximum absolute atomic E-state index is 13.4. The Balaban J connectivity index is 1.28. The molecule has 0 aromatic carbocycles. The Morgan fingerprint density at radius 1 is 0.733 bits per heavy atom. The predicted molar refractivity (Wildman–Crippen MR) is 161 cm³/mol. The van der Waals surface area contributed by atoms with Crippen LogP contribution >= 0.6 is 0 Å². The summed E-state index contributed by atoms with van der Waals surface area (Å²) in [6.07, 6.45) is 3.86. The van der Waals surface area contributed by atoms with E-state index >= 15 is 0 Å². The van der Waals surface area contributed by atoms with Gasteiger partial charge in [0.05, 0.1) is 6.10 Å². The van der Waals surface area contributed by atoms with Crippen molar-refractivity contribution in [1.29, 1.82) is 0 Å². The van der Waals surface area contributed by atoms with Crippen molar-refractivity contribution in [3.63, 3.8) is 0 Å². The molecule has 0 aromatic rings. The van der Waals surface area contributed by atoms with E-state index in [0.29, 0.717) is 18.8 Å². The third kappa shape index (κ3) is 3.60. The van der Waals surface area contributed by atoms with E-state index < -0.39 is 35.2 Å². The van der Waals surface area contributed by atoms with Crippen LogP contribution in [0, 0.1) is 50.2 Å². The highest BCUT2D eigenvalue weighted by atomic mass is 16.6. The Morgan fingerprint density at radius 3 is 1.98 bits per heavy atom. The molecule has 5 saturated carbocycles. The molecular formula is C36H52O9. The molecule has 250 valence electrons. The number of carbonyl (C=O) groups excluding carboxylic acids is 4. The van der Waals surface area contributed by atoms with Crippen LogP contribution in [0.2, 0.25) is 0 Å². The molecule has 5 aliphatic carbocycles. The summed E-state index contributed by atoms with van der Waals surface area (Å²) in [5.74, 6) is -0.692. The van der Waals surface area contributed by atoms with Crippen LogP contribution < -0.4 is 0 Å². The minimum atomic E-state index is -0.901. The van der Waals surface area contributed by atoms with Gasteiger partial charge in [0.2, 0.25) is 0 Å². The van der Waals surface area contributed by atoms with Crippen LogP contribution in [-0.4, -0.2) is 60.0 Å². The van der Waals surface area contributed by atoms with Crippen molar-refractivity contribution in [3.8, 4) is 0 Å². The van der Waals surface area contributed by atoms with Gasteiger partial charge in [0.1, 0.15) is 29.3 Å². The van der Waals surface area contributed by atoms with Gasteiger partial charge in [-0.05, 0) is 74.5 Å². The second kappa shape index (κ2) is 9.04. The Morgan fingerprint density at radius 2 is 1.36 bits per heavy atom. The third-order valence-corrected chi connectivity index (χ3v) is 15.5. The molecule has 0 amide bonds. The summed E-state index contributed by atoms with van der Waals surface area (Å²) in [7, 11) is 0. The quantitative estimate of drug-likeness (QED) is 0.225. The highest BCUT2D eigenvalue weighted by molar-refractivity contribution is 5.82. The van der Waals surface area contributed by atoms with Crippen LogP contribution in [0.5, 0.6) is 0 Å². The fourth-order valence-electron chi connectivity index (χ4n) is 13.4. The van der Waals surface area contributed by atoms with Gasteiger partial charge in [0, 0.05) is 42.9 Å². The summed E-state index contributed by atoms with van der Waals surface area (Å²) in [5.41, 5.74) is -2.46. The van der Waals surface area contributed by atoms with Gasteiger partial charge in [0.15, 0.2) is 6.10 Å². The van der Waals surface area contributed by atoms with E-state index in [-0.39, 0.29) is 69.1 Å². The van der Waals surface area contributed by atoms with Crippen molar-refractivity contribution in [3.05, 3.63) is 0 Å². The molecule has 45 heavy (non-hydrogen) atoms. The number of esters is 4. The fraction of sp³-hybridized carbons (Fsp3) is 0.889. The Hall–Kier alpha value is -2.16. The minimum Gasteiger partial charge on any atom is -0.459 e. The molecule has 9 heteroatoms. The first-order valence-corrected chi connectivity index (χ1v) is 17.1. The monoisotopic (exact) mass is 628 g/mol. The number of carbonyl (C=O) groups is 4. The molecule has 2 bridgehead atoms. The molecule has 2 saturated heterocycles. The maximum atomic E-state index is 13.4. The lowest BCUT2D eigenvalue weighted by atomic mass is 9.31. The summed E-state index contributed by atoms with van der Waals surface area (Å²) in [6, 6.07) is 0. The van der Waals surface area contributed by atoms with Crippen molar-refractivity contribution in [2.45, 2.75) is 150 Å². The van der Waals surface area contributed by atoms with Crippen LogP contribution in [-0.2, 0) is 42.9 Å². The number of hydrogen-bond donors (Lipinski definition) is 0. The van der Waals surface area contributed by atoms with Gasteiger partial charge in [-0.1, -0.05) is 41.5 Å². The lowest BCUT2D eigenvalue weighted by Crippen LogP contribution is -2.73. The lowest BCUT2D eigenvalue weighted by Gasteiger charge is -2.72. The predicted octanol–water partition coefficient (Wildman–Crippen LogP) is 5.55. The highest BCUT2D eigenvalue weighted by Gasteiger charge is 2.87. The second-order valence-corrected chi connectivity index (χ2v) is 17.8. The molecule has 1 spiro atoms. The van der Waals surface area contributed by atoms with E-state index in [2.05, 4.69) is 41.5 Å². The molecule has 2 aliphatic heterocycles. The van der Waals surface area contributed by atoms with Gasteiger partial charge in [-0.3, -0.25) is 19.2 Å². The molecule has 9 nitrogen and oxygen atoms in total. The molecule has 5 unspecified atom stereocenters. The minimum absolute atomic E-state index is 0.0469. The average Bonchev–Trinajstić information content (AvgIpc) is 3.60. The largest absolute Gasteiger partial charge is 0.459 e. The fourth-order valence-corrected chi connectivity index (χ4v) is 13.4. The summed E-state index contributed by atoms with van der Waals surface area (Å²) in [6.45, 7) is 20.1. The van der Waals surface area contributed by atoms with Crippen molar-refractivity contribution >= 4 is 23.9 Å². The van der Waals surface area contributed by atoms with Crippen LogP contribution in [0.25, 0.3) is 0 Å². The van der Waals surface area contributed by atoms with Crippen LogP contribution in [0.15, 0.2) is 0 Å². The number of rotatable bonds is 3. The van der Waals surface area contributed by atoms with Crippen LogP contribution in [0.1, 0.15) is 114 Å². The van der Waals surface area contributed by atoms with E-state index in [4.69, 9.17) is 23.7 Å². The molecule has 0 aromatic heterocycles. The smallest absolute Gasteiger partial charge is 0.316 e. The van der Waals surface area contributed by atoms with Crippen LogP contribution in [0.4, 0.5) is 0 Å². The molecule has 0 N–H and O–H groups in total. The maximum Gasteiger partial charge on any atom is 0.316 e. The zero-order valence-electron chi connectivity index (χ0n) is 28.7. The normalized spacial score (nSPS) is 54.9. The zero-order valence-corrected chi connectivity index (χ0v) is 28.7. The summed E-state index contributed by atoms with van der Waals surface area (Å²) in [5, 5.41) is 0. The molecule has 2 heterocycles. The van der Waals surface area contributed by atoms with Gasteiger partial charge < -0.3 is 23.7 Å². The van der Waals surface area contributed by atoms with Crippen molar-refractivity contribution in [2.24, 2.45) is 50.2 Å². The molecule has 0 radical (unpaired) electrons. The zero-order chi connectivity index (χ0) is 32.9. The average molecular weight is 629 g/mol. The van der Waals surface area contributed by atoms with Gasteiger partial charge >= 0.3 is 23.9 Å². The molecule has 7 fully saturated rings. The first kappa shape index (κ1) is 31.4. The van der Waals surface area contributed by atoms with Crippen molar-refractivity contribution in [2.75, 3.05) is 0 Å². The van der Waals surface area contributed by atoms with Crippen LogP contribution in [0.3, 0.4) is 0 Å². The van der Waals surface area contributed by atoms with Gasteiger partial charge in [-0.25, -0.2) is 0 Å². The highest BCUT2D eigenvalue weighted by Crippen LogP contribution is 2.83. The molecule has 7 aliphatic rings. The Kier molecular flexibility index (Phi) is 6.32. The summed E-state index contributed by atoms with van der Waals surface area (Å²) >= 11 is 0. The van der Waals surface area contributed by atoms with E-state index in [1.54, 1.807) is 0 Å². The summed E-state index contributed by atoms with van der Waals surface area (Å²) in [4.78, 5) is 50.3. The number of ether oxygens (including phenoxy) is 5. The van der Waals surface area contributed by atoms with Crippen molar-refractivity contribution in [1.82, 2.24) is 0 Å². The summed E-state index contributed by atoms with van der Waals surface area (Å²) < 4.78 is 31.0. The van der Waals surface area contributed by atoms with E-state index in [1.165, 1.54) is 20.8 Å². The standard InChI is InChI=1S/C36H52O9/c1-18(37)41-21-16-32(7)22(30(4,5)26(21)42-19(2)38)11-12-34(9)23(32)15-25-36(45-25)24-17-33(8)28(43-20(3)39)27(44-29(33)40)31(24,6)13-14-35(34,36)10/h21-28H,11-17H2,1-10H3/t21?,22-,23+,24+,25?,26?,27?,28?,31+,32-,33+,34+,35-,36+/m0/s1. The number of fused-ring (bicyclic) bond motifs is 8. The molecule has 14 atom stereocenters. The van der Waals surface area contributed by atoms with E-state index in [0.717, 1.165) is 32.1 Å². The second-order valence-electron chi connectivity index (χ2n) is 17.8. The lowest BCUT2D eigenvalue weighted by molar-refractivity contribution is -0.269. The first-order chi connectivity index (χ1) is 20.7. The Bertz CT molecular complexity index is 1370. The Labute approximate surface area is 267 Å². The van der Waals surface area contributed by atoms with Gasteiger partial charge in [-0.15, -0.1) is 0 Å². The SMILES string of the molecule is CC(=O)OC1C[C@]2(C)[C@H]3CC4O[C@]45[C@@H]4C[C@@]6(C)C(=O)OC(C6OC(C)=O)[C@]4(C)CC[C@@]5(C)[C@]3(C)CC[C@H]2C(C)(C)C1OC(C)=O. The number of hydrogen-bond acceptors (Lipinski definition) is 9. The third-order valence-electron chi connectivity index (χ3n) is 15.5.